The first-order chi connectivity index (χ1) is 14.3. The largest absolute Gasteiger partial charge is 0.265 e. The van der Waals surface area contributed by atoms with E-state index in [2.05, 4.69) is 58.5 Å². The van der Waals surface area contributed by atoms with Gasteiger partial charge in [-0.25, -0.2) is 0 Å². The maximum Gasteiger partial charge on any atom is 0.0270 e. The molecule has 0 unspecified atom stereocenters. The van der Waals surface area contributed by atoms with Crippen molar-refractivity contribution < 1.29 is 16.5 Å². The average Bonchev–Trinajstić information content (AvgIpc) is 2.78. The molecule has 0 aliphatic rings. The quantitative estimate of drug-likeness (QED) is 0.259. The van der Waals surface area contributed by atoms with E-state index < -0.39 is 16.5 Å². The summed E-state index contributed by atoms with van der Waals surface area (Å²) in [5.74, 6) is 0. The van der Waals surface area contributed by atoms with Crippen molar-refractivity contribution in [2.75, 3.05) is 0 Å². The van der Waals surface area contributed by atoms with Gasteiger partial charge in [-0.3, -0.25) is 9.97 Å². The van der Waals surface area contributed by atoms with Crippen molar-refractivity contribution >= 4 is 18.8 Å². The Morgan fingerprint density at radius 2 is 0.759 bits per heavy atom. The van der Waals surface area contributed by atoms with Gasteiger partial charge in [0.05, 0.1) is 0 Å². The maximum absolute atomic E-state index is 4.88. The van der Waals surface area contributed by atoms with Crippen LogP contribution < -0.4 is 0 Å². The van der Waals surface area contributed by atoms with Gasteiger partial charge in [-0.1, -0.05) is 60.7 Å². The van der Waals surface area contributed by atoms with Crippen LogP contribution in [0.4, 0.5) is 0 Å². The second-order valence-electron chi connectivity index (χ2n) is 6.08. The summed E-state index contributed by atoms with van der Waals surface area (Å²) in [5, 5.41) is 0. The van der Waals surface area contributed by atoms with Crippen molar-refractivity contribution in [1.29, 1.82) is 0 Å². The van der Waals surface area contributed by atoms with Gasteiger partial charge in [-0.05, 0) is 59.4 Å². The van der Waals surface area contributed by atoms with E-state index in [1.54, 1.807) is 0 Å². The molecule has 0 bridgehead atoms. The smallest absolute Gasteiger partial charge is 0.0270 e. The zero-order valence-corrected chi connectivity index (χ0v) is 19.6. The summed E-state index contributed by atoms with van der Waals surface area (Å²) in [5.41, 5.74) is 5.30. The van der Waals surface area contributed by atoms with Gasteiger partial charge in [0.1, 0.15) is 0 Å². The van der Waals surface area contributed by atoms with Crippen molar-refractivity contribution in [1.82, 2.24) is 9.97 Å². The molecule has 0 saturated carbocycles. The predicted molar refractivity (Wildman–Crippen MR) is 119 cm³/mol. The molecule has 2 nitrogen and oxygen atoms in total. The fourth-order valence-corrected chi connectivity index (χ4v) is 2.66. The predicted octanol–water partition coefficient (Wildman–Crippen LogP) is 6.72. The number of rotatable bonds is 4. The third kappa shape index (κ3) is 10.4. The Labute approximate surface area is 189 Å². The van der Waals surface area contributed by atoms with Gasteiger partial charge in [-0.2, -0.15) is 0 Å². The topological polar surface area (TPSA) is 25.8 Å². The minimum atomic E-state index is -0.472. The van der Waals surface area contributed by atoms with Crippen LogP contribution in [0, 0.1) is 0 Å². The first kappa shape index (κ1) is 23.3. The summed E-state index contributed by atoms with van der Waals surface area (Å²) in [7, 11) is 9.75. The molecule has 5 heteroatoms. The van der Waals surface area contributed by atoms with Crippen LogP contribution in [0.25, 0.3) is 0 Å². The second kappa shape index (κ2) is 14.9. The molecule has 4 rings (SSSR count). The Morgan fingerprint density at radius 1 is 0.483 bits per heavy atom. The Bertz CT molecular complexity index is 741. The summed E-state index contributed by atoms with van der Waals surface area (Å²) in [4.78, 5) is 7.97. The summed E-state index contributed by atoms with van der Waals surface area (Å²) in [6.07, 6.45) is 9.31. The van der Waals surface area contributed by atoms with Crippen molar-refractivity contribution in [3.8, 4) is 0 Å². The fraction of sp³-hybridized carbons (Fsp3) is 0.0833. The van der Waals surface area contributed by atoms with Crippen LogP contribution in [0.3, 0.4) is 0 Å². The zero-order chi connectivity index (χ0) is 20.6. The molecule has 2 heterocycles. The number of pyridine rings is 2. The van der Waals surface area contributed by atoms with Crippen LogP contribution in [-0.2, 0) is 29.3 Å². The third-order valence-corrected chi connectivity index (χ3v) is 4.00. The van der Waals surface area contributed by atoms with Crippen LogP contribution in [-0.4, -0.2) is 9.97 Å². The Morgan fingerprint density at radius 3 is 1.07 bits per heavy atom. The van der Waals surface area contributed by atoms with Gasteiger partial charge in [0.2, 0.25) is 0 Å². The molecular weight excluding hydrogens is 582 g/mol. The maximum atomic E-state index is 4.88. The SMILES string of the molecule is [Cl][Pt][Cl].c1ccc(Cc2ccncc2)cc1.c1ccc(Cc2ccncc2)cc1. The Hall–Kier alpha value is -1.99. The standard InChI is InChI=1S/2C12H11N.2ClH.Pt/c2*1-2-4-11(5-3-1)10-12-6-8-13-9-7-12;;;/h2*1-9H,10H2;2*1H;/q;;;;+2/p-2. The minimum Gasteiger partial charge on any atom is -0.265 e. The normalized spacial score (nSPS) is 9.59. The molecule has 0 radical (unpaired) electrons. The van der Waals surface area contributed by atoms with E-state index in [0.717, 1.165) is 12.8 Å². The molecule has 2 aromatic heterocycles. The van der Waals surface area contributed by atoms with E-state index >= 15 is 0 Å². The fourth-order valence-electron chi connectivity index (χ4n) is 2.66. The number of nitrogens with zero attached hydrogens (tertiary/aromatic N) is 2. The van der Waals surface area contributed by atoms with E-state index in [9.17, 15) is 0 Å². The third-order valence-electron chi connectivity index (χ3n) is 4.00. The summed E-state index contributed by atoms with van der Waals surface area (Å²) in [6.45, 7) is 0. The molecule has 0 spiro atoms. The first-order valence-electron chi connectivity index (χ1n) is 9.00. The number of benzene rings is 2. The van der Waals surface area contributed by atoms with Crippen molar-refractivity contribution in [2.45, 2.75) is 12.8 Å². The van der Waals surface area contributed by atoms with Gasteiger partial charge in [0.25, 0.3) is 0 Å². The van der Waals surface area contributed by atoms with Gasteiger partial charge in [0.15, 0.2) is 0 Å². The van der Waals surface area contributed by atoms with E-state index in [0.29, 0.717) is 0 Å². The number of hydrogen-bond donors (Lipinski definition) is 0. The molecule has 0 aliphatic heterocycles. The van der Waals surface area contributed by atoms with Gasteiger partial charge < -0.3 is 0 Å². The molecule has 0 saturated heterocycles. The molecular formula is C24H22Cl2N2Pt. The van der Waals surface area contributed by atoms with Crippen LogP contribution in [0.15, 0.2) is 110 Å². The van der Waals surface area contributed by atoms with Crippen molar-refractivity contribution in [3.63, 3.8) is 0 Å². The van der Waals surface area contributed by atoms with Crippen LogP contribution in [0.1, 0.15) is 22.3 Å². The molecule has 29 heavy (non-hydrogen) atoms. The second-order valence-corrected chi connectivity index (χ2v) is 9.36. The van der Waals surface area contributed by atoms with Gasteiger partial charge >= 0.3 is 35.3 Å². The zero-order valence-electron chi connectivity index (χ0n) is 15.8. The van der Waals surface area contributed by atoms with E-state index in [1.165, 1.54) is 22.3 Å². The molecule has 2 aromatic carbocycles. The van der Waals surface area contributed by atoms with Crippen molar-refractivity contribution in [3.05, 3.63) is 132 Å². The molecule has 0 fully saturated rings. The van der Waals surface area contributed by atoms with Crippen LogP contribution in [0.5, 0.6) is 0 Å². The van der Waals surface area contributed by atoms with Gasteiger partial charge in [0, 0.05) is 24.8 Å². The molecule has 4 aromatic rings. The average molecular weight is 604 g/mol. The first-order valence-corrected chi connectivity index (χ1v) is 14.6. The Balaban J connectivity index is 0.000000183. The number of hydrogen-bond acceptors (Lipinski definition) is 2. The van der Waals surface area contributed by atoms with E-state index in [1.807, 2.05) is 61.2 Å². The van der Waals surface area contributed by atoms with Crippen LogP contribution >= 0.6 is 18.8 Å². The number of aromatic nitrogens is 2. The van der Waals surface area contributed by atoms with Crippen LogP contribution in [0.2, 0.25) is 0 Å². The van der Waals surface area contributed by atoms with Crippen molar-refractivity contribution in [2.24, 2.45) is 0 Å². The Kier molecular flexibility index (Phi) is 12.0. The van der Waals surface area contributed by atoms with E-state index in [4.69, 9.17) is 18.8 Å². The summed E-state index contributed by atoms with van der Waals surface area (Å²) >= 11 is -0.472. The summed E-state index contributed by atoms with van der Waals surface area (Å²) in [6, 6.07) is 29.1. The monoisotopic (exact) mass is 603 g/mol. The molecule has 0 aliphatic carbocycles. The molecule has 0 atom stereocenters. The molecule has 152 valence electrons. The van der Waals surface area contributed by atoms with Gasteiger partial charge in [-0.15, -0.1) is 0 Å². The van der Waals surface area contributed by atoms with E-state index in [-0.39, 0.29) is 0 Å². The molecule has 0 amide bonds. The summed E-state index contributed by atoms with van der Waals surface area (Å²) < 4.78 is 0. The number of halogens is 2. The minimum absolute atomic E-state index is 0.472. The molecule has 0 N–H and O–H groups in total.